The Kier molecular flexibility index (Phi) is 11.2. The number of rotatable bonds is 14. The number of aliphatic hydroxyl groups is 1. The zero-order valence-corrected chi connectivity index (χ0v) is 26.7. The Bertz CT molecular complexity index is 1610. The summed E-state index contributed by atoms with van der Waals surface area (Å²) in [7, 11) is 0. The van der Waals surface area contributed by atoms with Gasteiger partial charge < -0.3 is 25.2 Å². The molecule has 1 aliphatic heterocycles. The molecule has 1 fully saturated rings. The first-order chi connectivity index (χ1) is 22.8. The summed E-state index contributed by atoms with van der Waals surface area (Å²) in [6.45, 7) is 3.71. The van der Waals surface area contributed by atoms with Crippen molar-refractivity contribution in [2.45, 2.75) is 57.4 Å². The van der Waals surface area contributed by atoms with Gasteiger partial charge in [-0.15, -0.1) is 0 Å². The molecule has 47 heavy (non-hydrogen) atoms. The van der Waals surface area contributed by atoms with Crippen molar-refractivity contribution in [3.8, 4) is 5.75 Å². The van der Waals surface area contributed by atoms with Crippen molar-refractivity contribution in [1.82, 2.24) is 10.6 Å². The normalized spacial score (nSPS) is 16.1. The molecule has 0 aliphatic carbocycles. The number of para-hydroxylation sites is 2. The Morgan fingerprint density at radius 3 is 2.02 bits per heavy atom. The van der Waals surface area contributed by atoms with Crippen LogP contribution >= 0.6 is 0 Å². The lowest BCUT2D eigenvalue weighted by molar-refractivity contribution is -0.129. The molecule has 1 saturated heterocycles. The molecular weight excluding hydrogens is 594 g/mol. The van der Waals surface area contributed by atoms with Gasteiger partial charge in [0.05, 0.1) is 18.7 Å². The molecule has 4 aromatic carbocycles. The van der Waals surface area contributed by atoms with E-state index in [-0.39, 0.29) is 25.5 Å². The first-order valence-corrected chi connectivity index (χ1v) is 15.8. The summed E-state index contributed by atoms with van der Waals surface area (Å²) in [5.74, 6) is -0.155. The van der Waals surface area contributed by atoms with Crippen molar-refractivity contribution in [3.63, 3.8) is 0 Å². The maximum Gasteiger partial charge on any atom is 0.415 e. The summed E-state index contributed by atoms with van der Waals surface area (Å²) in [5, 5.41) is 17.7. The van der Waals surface area contributed by atoms with E-state index in [0.717, 1.165) is 22.3 Å². The number of nitrogens with zero attached hydrogens (tertiary/aromatic N) is 1. The second-order valence-corrected chi connectivity index (χ2v) is 11.9. The Hall–Kier alpha value is -5.15. The highest BCUT2D eigenvalue weighted by Crippen LogP contribution is 2.23. The van der Waals surface area contributed by atoms with Crippen molar-refractivity contribution < 1.29 is 29.0 Å². The Morgan fingerprint density at radius 2 is 1.40 bits per heavy atom. The van der Waals surface area contributed by atoms with E-state index in [2.05, 4.69) is 10.6 Å². The van der Waals surface area contributed by atoms with Gasteiger partial charge in [0.2, 0.25) is 0 Å². The monoisotopic (exact) mass is 635 g/mol. The number of anilines is 1. The fourth-order valence-corrected chi connectivity index (χ4v) is 5.82. The number of hydrogen-bond donors (Lipinski definition) is 3. The molecule has 0 saturated carbocycles. The molecule has 0 radical (unpaired) electrons. The minimum atomic E-state index is -1.03. The van der Waals surface area contributed by atoms with E-state index in [0.29, 0.717) is 24.3 Å². The Morgan fingerprint density at radius 1 is 0.830 bits per heavy atom. The zero-order valence-electron chi connectivity index (χ0n) is 26.7. The van der Waals surface area contributed by atoms with Crippen LogP contribution < -0.4 is 20.3 Å². The predicted molar refractivity (Wildman–Crippen MR) is 180 cm³/mol. The van der Waals surface area contributed by atoms with E-state index in [4.69, 9.17) is 9.47 Å². The van der Waals surface area contributed by atoms with E-state index in [1.807, 2.05) is 111 Å². The maximum atomic E-state index is 13.5. The zero-order chi connectivity index (χ0) is 33.2. The molecule has 0 spiro atoms. The third-order valence-corrected chi connectivity index (χ3v) is 8.24. The van der Waals surface area contributed by atoms with Gasteiger partial charge >= 0.3 is 6.09 Å². The van der Waals surface area contributed by atoms with Crippen LogP contribution in [0.1, 0.15) is 28.7 Å². The van der Waals surface area contributed by atoms with E-state index in [1.165, 1.54) is 4.90 Å². The third-order valence-electron chi connectivity index (χ3n) is 8.24. The molecule has 3 N–H and O–H groups in total. The minimum Gasteiger partial charge on any atom is -0.483 e. The van der Waals surface area contributed by atoms with Gasteiger partial charge in [-0.1, -0.05) is 97.1 Å². The second-order valence-electron chi connectivity index (χ2n) is 11.9. The molecule has 4 atom stereocenters. The Balaban J connectivity index is 1.29. The number of aryl methyl sites for hydroxylation is 2. The van der Waals surface area contributed by atoms with Gasteiger partial charge in [-0.3, -0.25) is 14.5 Å². The predicted octanol–water partition coefficient (Wildman–Crippen LogP) is 4.91. The van der Waals surface area contributed by atoms with Gasteiger partial charge in [-0.05, 0) is 67.5 Å². The van der Waals surface area contributed by atoms with E-state index >= 15 is 0 Å². The lowest BCUT2D eigenvalue weighted by Crippen LogP contribution is -2.51. The molecule has 0 aromatic heterocycles. The average Bonchev–Trinajstić information content (AvgIpc) is 3.47. The van der Waals surface area contributed by atoms with Crippen molar-refractivity contribution in [2.24, 2.45) is 0 Å². The van der Waals surface area contributed by atoms with E-state index in [9.17, 15) is 19.5 Å². The number of hydrogen-bond acceptors (Lipinski definition) is 6. The number of nitrogens with one attached hydrogen (secondary N) is 2. The molecule has 9 nitrogen and oxygen atoms in total. The number of carbonyl (C=O) groups excluding carboxylic acids is 3. The van der Waals surface area contributed by atoms with Gasteiger partial charge in [0.1, 0.15) is 5.75 Å². The highest BCUT2D eigenvalue weighted by atomic mass is 16.6. The number of carbonyl (C=O) groups is 3. The van der Waals surface area contributed by atoms with Crippen LogP contribution in [0.15, 0.2) is 109 Å². The SMILES string of the molecule is Cc1cccc(C)c1OCC(=O)N[C@@H](Cc1ccccc1)C(O)C[C@H](Cc1ccccc1)NC(=O)[C@@H]1CN(c2ccccc2)C(=O)O1. The number of ether oxygens (including phenoxy) is 2. The molecule has 1 aliphatic rings. The molecular formula is C38H41N3O6. The number of aliphatic hydroxyl groups excluding tert-OH is 1. The highest BCUT2D eigenvalue weighted by molar-refractivity contribution is 5.95. The summed E-state index contributed by atoms with van der Waals surface area (Å²) in [4.78, 5) is 40.7. The lowest BCUT2D eigenvalue weighted by Gasteiger charge is -2.29. The molecule has 1 heterocycles. The summed E-state index contributed by atoms with van der Waals surface area (Å²) in [5.41, 5.74) is 4.40. The quantitative estimate of drug-likeness (QED) is 0.181. The van der Waals surface area contributed by atoms with Gasteiger partial charge in [-0.2, -0.15) is 0 Å². The molecule has 3 amide bonds. The van der Waals surface area contributed by atoms with E-state index < -0.39 is 36.3 Å². The first-order valence-electron chi connectivity index (χ1n) is 15.8. The summed E-state index contributed by atoms with van der Waals surface area (Å²) >= 11 is 0. The number of amides is 3. The number of cyclic esters (lactones) is 1. The maximum absolute atomic E-state index is 13.5. The van der Waals surface area contributed by atoms with Crippen LogP contribution in [0.5, 0.6) is 5.75 Å². The van der Waals surface area contributed by atoms with Crippen molar-refractivity contribution in [1.29, 1.82) is 0 Å². The molecule has 9 heteroatoms. The Labute approximate surface area is 275 Å². The van der Waals surface area contributed by atoms with Crippen molar-refractivity contribution in [2.75, 3.05) is 18.1 Å². The van der Waals surface area contributed by atoms with Crippen LogP contribution in [0.4, 0.5) is 10.5 Å². The fourth-order valence-electron chi connectivity index (χ4n) is 5.82. The average molecular weight is 636 g/mol. The van der Waals surface area contributed by atoms with Crippen LogP contribution in [-0.4, -0.2) is 60.5 Å². The number of benzene rings is 4. The van der Waals surface area contributed by atoms with Crippen LogP contribution in [0.2, 0.25) is 0 Å². The second kappa shape index (κ2) is 15.9. The summed E-state index contributed by atoms with van der Waals surface area (Å²) in [6.07, 6.45) is -1.70. The van der Waals surface area contributed by atoms with Gasteiger partial charge in [0.25, 0.3) is 11.8 Å². The molecule has 0 bridgehead atoms. The van der Waals surface area contributed by atoms with Crippen molar-refractivity contribution >= 4 is 23.6 Å². The summed E-state index contributed by atoms with van der Waals surface area (Å²) < 4.78 is 11.3. The molecule has 244 valence electrons. The van der Waals surface area contributed by atoms with Crippen LogP contribution in [0.3, 0.4) is 0 Å². The van der Waals surface area contributed by atoms with Crippen LogP contribution in [0, 0.1) is 13.8 Å². The van der Waals surface area contributed by atoms with Gasteiger partial charge in [0.15, 0.2) is 12.7 Å². The van der Waals surface area contributed by atoms with Crippen LogP contribution in [-0.2, 0) is 27.2 Å². The largest absolute Gasteiger partial charge is 0.483 e. The molecule has 5 rings (SSSR count). The molecule has 1 unspecified atom stereocenters. The minimum absolute atomic E-state index is 0.0718. The third kappa shape index (κ3) is 9.20. The van der Waals surface area contributed by atoms with Crippen LogP contribution in [0.25, 0.3) is 0 Å². The highest BCUT2D eigenvalue weighted by Gasteiger charge is 2.38. The fraction of sp³-hybridized carbons (Fsp3) is 0.289. The summed E-state index contributed by atoms with van der Waals surface area (Å²) in [6, 6.07) is 32.9. The van der Waals surface area contributed by atoms with E-state index in [1.54, 1.807) is 12.1 Å². The first kappa shape index (κ1) is 33.2. The smallest absolute Gasteiger partial charge is 0.415 e. The van der Waals surface area contributed by atoms with Crippen molar-refractivity contribution in [3.05, 3.63) is 131 Å². The standard InChI is InChI=1S/C38H41N3O6/c1-26-13-12-14-27(2)36(26)46-25-35(43)40-32(22-29-17-8-4-9-18-29)33(42)23-30(21-28-15-6-3-7-16-28)39-37(44)34-24-41(38(45)47-34)31-19-10-5-11-20-31/h3-20,30,32-34,42H,21-25H2,1-2H3,(H,39,44)(H,40,43)/t30-,32-,33?,34-/m0/s1. The molecule has 4 aromatic rings. The lowest BCUT2D eigenvalue weighted by atomic mass is 9.93. The topological polar surface area (TPSA) is 117 Å². The van der Waals surface area contributed by atoms with Gasteiger partial charge in [0, 0.05) is 11.7 Å². The van der Waals surface area contributed by atoms with Gasteiger partial charge in [-0.25, -0.2) is 4.79 Å².